The average molecular weight is 263 g/mol. The van der Waals surface area contributed by atoms with Gasteiger partial charge in [0.25, 0.3) is 0 Å². The number of ether oxygens (including phenoxy) is 1. The molecule has 3 amide bonds. The van der Waals surface area contributed by atoms with Crippen molar-refractivity contribution in [2.24, 2.45) is 0 Å². The highest BCUT2D eigenvalue weighted by Gasteiger charge is 2.07. The van der Waals surface area contributed by atoms with Crippen LogP contribution in [0.5, 0.6) is 0 Å². The summed E-state index contributed by atoms with van der Waals surface area (Å²) in [6.45, 7) is 0. The third-order valence-corrected chi connectivity index (χ3v) is 2.32. The number of halogens is 2. The Hall–Kier alpha value is -1.46. The second-order valence-electron chi connectivity index (χ2n) is 2.70. The van der Waals surface area contributed by atoms with Crippen LogP contribution in [-0.4, -0.2) is 19.2 Å². The van der Waals surface area contributed by atoms with E-state index in [1.54, 1.807) is 6.07 Å². The van der Waals surface area contributed by atoms with E-state index in [1.165, 1.54) is 12.1 Å². The molecule has 5 nitrogen and oxygen atoms in total. The molecule has 2 N–H and O–H groups in total. The van der Waals surface area contributed by atoms with Gasteiger partial charge in [0.2, 0.25) is 0 Å². The van der Waals surface area contributed by atoms with Gasteiger partial charge in [-0.3, -0.25) is 0 Å². The second-order valence-corrected chi connectivity index (χ2v) is 3.51. The summed E-state index contributed by atoms with van der Waals surface area (Å²) in [4.78, 5) is 21.9. The summed E-state index contributed by atoms with van der Waals surface area (Å²) >= 11 is 11.4. The van der Waals surface area contributed by atoms with Crippen molar-refractivity contribution >= 4 is 41.0 Å². The van der Waals surface area contributed by atoms with Crippen LogP contribution >= 0.6 is 23.2 Å². The zero-order chi connectivity index (χ0) is 12.1. The SMILES string of the molecule is COC(=O)NC(=O)Nc1ccc(Cl)c(Cl)c1. The molecular weight excluding hydrogens is 255 g/mol. The summed E-state index contributed by atoms with van der Waals surface area (Å²) in [7, 11) is 1.15. The Morgan fingerprint density at radius 3 is 2.50 bits per heavy atom. The van der Waals surface area contributed by atoms with Gasteiger partial charge in [-0.05, 0) is 18.2 Å². The first kappa shape index (κ1) is 12.6. The van der Waals surface area contributed by atoms with Crippen molar-refractivity contribution in [2.75, 3.05) is 12.4 Å². The Balaban J connectivity index is 2.63. The minimum atomic E-state index is -0.849. The van der Waals surface area contributed by atoms with Gasteiger partial charge in [-0.2, -0.15) is 0 Å². The molecule has 0 aliphatic heterocycles. The molecule has 0 atom stereocenters. The number of carbonyl (C=O) groups is 2. The van der Waals surface area contributed by atoms with Crippen molar-refractivity contribution in [1.29, 1.82) is 0 Å². The van der Waals surface area contributed by atoms with E-state index in [0.29, 0.717) is 15.7 Å². The lowest BCUT2D eigenvalue weighted by molar-refractivity contribution is 0.172. The van der Waals surface area contributed by atoms with Crippen molar-refractivity contribution in [3.05, 3.63) is 28.2 Å². The van der Waals surface area contributed by atoms with Crippen LogP contribution in [-0.2, 0) is 4.74 Å². The fourth-order valence-electron chi connectivity index (χ4n) is 0.880. The van der Waals surface area contributed by atoms with Gasteiger partial charge in [0.15, 0.2) is 0 Å². The van der Waals surface area contributed by atoms with Gasteiger partial charge in [-0.15, -0.1) is 0 Å². The summed E-state index contributed by atoms with van der Waals surface area (Å²) in [5.41, 5.74) is 0.413. The van der Waals surface area contributed by atoms with Crippen molar-refractivity contribution in [2.45, 2.75) is 0 Å². The van der Waals surface area contributed by atoms with Crippen LogP contribution in [0.1, 0.15) is 0 Å². The third kappa shape index (κ3) is 3.60. The number of nitrogens with one attached hydrogen (secondary N) is 2. The van der Waals surface area contributed by atoms with Crippen LogP contribution in [0.2, 0.25) is 10.0 Å². The maximum absolute atomic E-state index is 11.2. The maximum Gasteiger partial charge on any atom is 0.415 e. The summed E-state index contributed by atoms with van der Waals surface area (Å²) in [6, 6.07) is 3.81. The molecule has 0 saturated heterocycles. The highest BCUT2D eigenvalue weighted by molar-refractivity contribution is 6.42. The van der Waals surface area contributed by atoms with E-state index in [9.17, 15) is 9.59 Å². The normalized spacial score (nSPS) is 9.44. The first-order valence-corrected chi connectivity index (χ1v) is 4.89. The average Bonchev–Trinajstić information content (AvgIpc) is 2.23. The molecule has 0 saturated carbocycles. The fourth-order valence-corrected chi connectivity index (χ4v) is 1.18. The van der Waals surface area contributed by atoms with E-state index >= 15 is 0 Å². The lowest BCUT2D eigenvalue weighted by Gasteiger charge is -2.06. The number of hydrogen-bond acceptors (Lipinski definition) is 3. The van der Waals surface area contributed by atoms with Crippen LogP contribution in [0.4, 0.5) is 15.3 Å². The number of carbonyl (C=O) groups excluding carboxylic acids is 2. The van der Waals surface area contributed by atoms with Gasteiger partial charge < -0.3 is 10.1 Å². The summed E-state index contributed by atoms with van der Waals surface area (Å²) in [5.74, 6) is 0. The minimum Gasteiger partial charge on any atom is -0.453 e. The Bertz CT molecular complexity index is 423. The quantitative estimate of drug-likeness (QED) is 0.818. The molecule has 86 valence electrons. The first-order chi connectivity index (χ1) is 7.52. The molecule has 0 heterocycles. The van der Waals surface area contributed by atoms with Crippen molar-refractivity contribution < 1.29 is 14.3 Å². The third-order valence-electron chi connectivity index (χ3n) is 1.58. The molecule has 0 bridgehead atoms. The molecule has 1 aromatic rings. The fraction of sp³-hybridized carbons (Fsp3) is 0.111. The van der Waals surface area contributed by atoms with E-state index in [-0.39, 0.29) is 0 Å². The van der Waals surface area contributed by atoms with Gasteiger partial charge in [0.1, 0.15) is 0 Å². The standard InChI is InChI=1S/C9H8Cl2N2O3/c1-16-9(15)13-8(14)12-5-2-3-6(10)7(11)4-5/h2-4H,1H3,(H2,12,13,14,15). The molecule has 1 rings (SSSR count). The maximum atomic E-state index is 11.2. The topological polar surface area (TPSA) is 67.4 Å². The molecule has 0 aliphatic carbocycles. The molecule has 0 unspecified atom stereocenters. The number of alkyl carbamates (subject to hydrolysis) is 1. The lowest BCUT2D eigenvalue weighted by atomic mass is 10.3. The number of benzene rings is 1. The number of rotatable bonds is 1. The highest BCUT2D eigenvalue weighted by Crippen LogP contribution is 2.24. The summed E-state index contributed by atoms with van der Waals surface area (Å²) in [5, 5.41) is 4.98. The van der Waals surface area contributed by atoms with Crippen molar-refractivity contribution in [3.8, 4) is 0 Å². The molecule has 16 heavy (non-hydrogen) atoms. The molecule has 1 aromatic carbocycles. The van der Waals surface area contributed by atoms with Crippen molar-refractivity contribution in [3.63, 3.8) is 0 Å². The molecule has 0 fully saturated rings. The second kappa shape index (κ2) is 5.58. The van der Waals surface area contributed by atoms with Gasteiger partial charge in [-0.1, -0.05) is 23.2 Å². The molecule has 0 spiro atoms. The highest BCUT2D eigenvalue weighted by atomic mass is 35.5. The smallest absolute Gasteiger partial charge is 0.415 e. The number of hydrogen-bond donors (Lipinski definition) is 2. The van der Waals surface area contributed by atoms with Crippen LogP contribution in [0.15, 0.2) is 18.2 Å². The zero-order valence-corrected chi connectivity index (χ0v) is 9.72. The van der Waals surface area contributed by atoms with Crippen LogP contribution in [0.25, 0.3) is 0 Å². The minimum absolute atomic E-state index is 0.303. The predicted molar refractivity (Wildman–Crippen MR) is 61.0 cm³/mol. The number of anilines is 1. The Kier molecular flexibility index (Phi) is 4.39. The molecule has 0 aliphatic rings. The summed E-state index contributed by atoms with van der Waals surface area (Å²) < 4.78 is 4.24. The Labute approximate surface area is 102 Å². The summed E-state index contributed by atoms with van der Waals surface area (Å²) in [6.07, 6.45) is -0.849. The molecule has 0 aromatic heterocycles. The first-order valence-electron chi connectivity index (χ1n) is 4.14. The number of methoxy groups -OCH3 is 1. The number of imide groups is 1. The number of urea groups is 1. The van der Waals surface area contributed by atoms with E-state index in [2.05, 4.69) is 10.1 Å². The zero-order valence-electron chi connectivity index (χ0n) is 8.21. The Morgan fingerprint density at radius 1 is 1.25 bits per heavy atom. The largest absolute Gasteiger partial charge is 0.453 e. The van der Waals surface area contributed by atoms with Crippen LogP contribution in [0.3, 0.4) is 0 Å². The van der Waals surface area contributed by atoms with Gasteiger partial charge >= 0.3 is 12.1 Å². The molecular formula is C9H8Cl2N2O3. The van der Waals surface area contributed by atoms with E-state index in [1.807, 2.05) is 5.32 Å². The van der Waals surface area contributed by atoms with Gasteiger partial charge in [0, 0.05) is 5.69 Å². The van der Waals surface area contributed by atoms with Crippen LogP contribution < -0.4 is 10.6 Å². The van der Waals surface area contributed by atoms with E-state index < -0.39 is 12.1 Å². The number of amides is 3. The Morgan fingerprint density at radius 2 is 1.94 bits per heavy atom. The predicted octanol–water partition coefficient (Wildman–Crippen LogP) is 2.88. The monoisotopic (exact) mass is 262 g/mol. The van der Waals surface area contributed by atoms with E-state index in [4.69, 9.17) is 23.2 Å². The molecule has 0 radical (unpaired) electrons. The van der Waals surface area contributed by atoms with Crippen molar-refractivity contribution in [1.82, 2.24) is 5.32 Å². The lowest BCUT2D eigenvalue weighted by Crippen LogP contribution is -2.34. The van der Waals surface area contributed by atoms with Gasteiger partial charge in [0.05, 0.1) is 17.2 Å². The molecule has 7 heteroatoms. The van der Waals surface area contributed by atoms with Crippen LogP contribution in [0, 0.1) is 0 Å². The van der Waals surface area contributed by atoms with E-state index in [0.717, 1.165) is 7.11 Å². The van der Waals surface area contributed by atoms with Gasteiger partial charge in [-0.25, -0.2) is 14.9 Å².